The molecule has 1 unspecified atom stereocenters. The summed E-state index contributed by atoms with van der Waals surface area (Å²) in [5, 5.41) is 9.45. The molecule has 0 bridgehead atoms. The Morgan fingerprint density at radius 3 is 2.91 bits per heavy atom. The lowest BCUT2D eigenvalue weighted by Gasteiger charge is -2.05. The minimum atomic E-state index is -0.430. The van der Waals surface area contributed by atoms with E-state index in [0.29, 0.717) is 0 Å². The molecule has 1 aromatic rings. The van der Waals surface area contributed by atoms with Gasteiger partial charge in [0.05, 0.1) is 6.10 Å². The number of benzene rings is 1. The smallest absolute Gasteiger partial charge is 0.0991 e. The second-order valence-electron chi connectivity index (χ2n) is 2.55. The highest BCUT2D eigenvalue weighted by Gasteiger charge is 2.16. The maximum Gasteiger partial charge on any atom is 0.0991 e. The highest BCUT2D eigenvalue weighted by atomic mass is 79.9. The summed E-state index contributed by atoms with van der Waals surface area (Å²) in [6.07, 6.45) is 3.29. The normalized spacial score (nSPS) is 20.4. The van der Waals surface area contributed by atoms with Crippen LogP contribution in [0.3, 0.4) is 0 Å². The average molecular weight is 211 g/mol. The molecule has 0 saturated carbocycles. The van der Waals surface area contributed by atoms with Crippen LogP contribution in [0, 0.1) is 0 Å². The molecule has 0 aliphatic heterocycles. The topological polar surface area (TPSA) is 20.2 Å². The van der Waals surface area contributed by atoms with Crippen LogP contribution in [0.1, 0.15) is 17.2 Å². The third-order valence-electron chi connectivity index (χ3n) is 1.84. The van der Waals surface area contributed by atoms with Gasteiger partial charge in [-0.05, 0) is 11.6 Å². The molecule has 1 aliphatic rings. The zero-order chi connectivity index (χ0) is 7.84. The van der Waals surface area contributed by atoms with Gasteiger partial charge in [0.25, 0.3) is 0 Å². The summed E-state index contributed by atoms with van der Waals surface area (Å²) in [7, 11) is 0. The molecular formula is C9H7BrO. The van der Waals surface area contributed by atoms with Crippen LogP contribution >= 0.6 is 15.9 Å². The Morgan fingerprint density at radius 2 is 2.18 bits per heavy atom. The van der Waals surface area contributed by atoms with Gasteiger partial charge in [0.2, 0.25) is 0 Å². The molecule has 1 atom stereocenters. The van der Waals surface area contributed by atoms with Gasteiger partial charge in [-0.25, -0.2) is 0 Å². The fraction of sp³-hybridized carbons (Fsp3) is 0.111. The van der Waals surface area contributed by atoms with Crippen LogP contribution in [-0.4, -0.2) is 5.11 Å². The molecule has 1 aromatic carbocycles. The van der Waals surface area contributed by atoms with E-state index in [1.54, 1.807) is 6.08 Å². The number of hydrogen-bond donors (Lipinski definition) is 1. The molecular weight excluding hydrogens is 204 g/mol. The van der Waals surface area contributed by atoms with Gasteiger partial charge in [0, 0.05) is 10.0 Å². The van der Waals surface area contributed by atoms with E-state index in [-0.39, 0.29) is 0 Å². The van der Waals surface area contributed by atoms with Gasteiger partial charge >= 0.3 is 0 Å². The van der Waals surface area contributed by atoms with E-state index in [1.165, 1.54) is 0 Å². The Labute approximate surface area is 73.5 Å². The lowest BCUT2D eigenvalue weighted by atomic mass is 10.1. The average Bonchev–Trinajstić information content (AvgIpc) is 2.34. The lowest BCUT2D eigenvalue weighted by molar-refractivity contribution is 0.231. The van der Waals surface area contributed by atoms with Crippen molar-refractivity contribution in [2.45, 2.75) is 6.10 Å². The van der Waals surface area contributed by atoms with E-state index in [2.05, 4.69) is 15.9 Å². The van der Waals surface area contributed by atoms with Crippen molar-refractivity contribution in [1.29, 1.82) is 0 Å². The van der Waals surface area contributed by atoms with Gasteiger partial charge in [-0.3, -0.25) is 0 Å². The zero-order valence-electron chi connectivity index (χ0n) is 5.79. The molecule has 0 spiro atoms. The van der Waals surface area contributed by atoms with Crippen LogP contribution in [0.15, 0.2) is 28.7 Å². The minimum Gasteiger partial charge on any atom is -0.384 e. The summed E-state index contributed by atoms with van der Waals surface area (Å²) in [6.45, 7) is 0. The Morgan fingerprint density at radius 1 is 1.36 bits per heavy atom. The summed E-state index contributed by atoms with van der Waals surface area (Å²) in [5.74, 6) is 0. The van der Waals surface area contributed by atoms with Gasteiger partial charge in [0.1, 0.15) is 0 Å². The van der Waals surface area contributed by atoms with Crippen LogP contribution in [0.25, 0.3) is 6.08 Å². The van der Waals surface area contributed by atoms with Crippen molar-refractivity contribution < 1.29 is 5.11 Å². The van der Waals surface area contributed by atoms with E-state index >= 15 is 0 Å². The summed E-state index contributed by atoms with van der Waals surface area (Å²) in [5.41, 5.74) is 2.08. The number of hydrogen-bond acceptors (Lipinski definition) is 1. The number of aliphatic hydroxyl groups excluding tert-OH is 1. The van der Waals surface area contributed by atoms with Crippen molar-refractivity contribution in [2.75, 3.05) is 0 Å². The van der Waals surface area contributed by atoms with Crippen LogP contribution in [0.4, 0.5) is 0 Å². The lowest BCUT2D eigenvalue weighted by Crippen LogP contribution is -1.91. The first kappa shape index (κ1) is 7.07. The Balaban J connectivity index is 2.65. The molecule has 56 valence electrons. The standard InChI is InChI=1S/C9H7BrO/c10-7-3-1-2-6-4-5-8(11)9(6)7/h1-5,8,11H. The molecule has 0 fully saturated rings. The number of halogens is 1. The highest BCUT2D eigenvalue weighted by Crippen LogP contribution is 2.33. The van der Waals surface area contributed by atoms with Gasteiger partial charge < -0.3 is 5.11 Å². The van der Waals surface area contributed by atoms with Crippen molar-refractivity contribution in [3.63, 3.8) is 0 Å². The van der Waals surface area contributed by atoms with Gasteiger partial charge in [-0.1, -0.05) is 40.2 Å². The van der Waals surface area contributed by atoms with Crippen molar-refractivity contribution >= 4 is 22.0 Å². The highest BCUT2D eigenvalue weighted by molar-refractivity contribution is 9.10. The molecule has 1 nitrogen and oxygen atoms in total. The first-order chi connectivity index (χ1) is 5.29. The van der Waals surface area contributed by atoms with E-state index in [4.69, 9.17) is 0 Å². The van der Waals surface area contributed by atoms with Gasteiger partial charge in [-0.15, -0.1) is 0 Å². The molecule has 2 rings (SSSR count). The Hall–Kier alpha value is -0.600. The minimum absolute atomic E-state index is 0.430. The number of aliphatic hydroxyl groups is 1. The fourth-order valence-electron chi connectivity index (χ4n) is 1.30. The summed E-state index contributed by atoms with van der Waals surface area (Å²) in [6, 6.07) is 5.90. The van der Waals surface area contributed by atoms with Crippen LogP contribution in [0.5, 0.6) is 0 Å². The third-order valence-corrected chi connectivity index (χ3v) is 2.53. The van der Waals surface area contributed by atoms with Crippen molar-refractivity contribution in [3.05, 3.63) is 39.9 Å². The van der Waals surface area contributed by atoms with Gasteiger partial charge in [-0.2, -0.15) is 0 Å². The van der Waals surface area contributed by atoms with E-state index in [0.717, 1.165) is 15.6 Å². The SMILES string of the molecule is OC1C=Cc2cccc(Br)c21. The maximum absolute atomic E-state index is 9.45. The number of rotatable bonds is 0. The first-order valence-electron chi connectivity index (χ1n) is 3.44. The summed E-state index contributed by atoms with van der Waals surface area (Å²) in [4.78, 5) is 0. The molecule has 0 heterocycles. The maximum atomic E-state index is 9.45. The molecule has 1 N–H and O–H groups in total. The van der Waals surface area contributed by atoms with E-state index in [9.17, 15) is 5.11 Å². The second kappa shape index (κ2) is 2.47. The van der Waals surface area contributed by atoms with E-state index in [1.807, 2.05) is 24.3 Å². The van der Waals surface area contributed by atoms with Crippen LogP contribution in [0.2, 0.25) is 0 Å². The van der Waals surface area contributed by atoms with Crippen LogP contribution < -0.4 is 0 Å². The van der Waals surface area contributed by atoms with Crippen molar-refractivity contribution in [2.24, 2.45) is 0 Å². The quantitative estimate of drug-likeness (QED) is 0.698. The first-order valence-corrected chi connectivity index (χ1v) is 4.23. The third kappa shape index (κ3) is 1.03. The molecule has 0 saturated heterocycles. The molecule has 1 aliphatic carbocycles. The van der Waals surface area contributed by atoms with E-state index < -0.39 is 6.10 Å². The van der Waals surface area contributed by atoms with Gasteiger partial charge in [0.15, 0.2) is 0 Å². The number of fused-ring (bicyclic) bond motifs is 1. The molecule has 0 radical (unpaired) electrons. The predicted molar refractivity (Wildman–Crippen MR) is 48.1 cm³/mol. The molecule has 0 amide bonds. The molecule has 11 heavy (non-hydrogen) atoms. The van der Waals surface area contributed by atoms with Crippen molar-refractivity contribution in [3.8, 4) is 0 Å². The van der Waals surface area contributed by atoms with Crippen molar-refractivity contribution in [1.82, 2.24) is 0 Å². The Kier molecular flexibility index (Phi) is 1.59. The predicted octanol–water partition coefficient (Wildman–Crippen LogP) is 2.51. The zero-order valence-corrected chi connectivity index (χ0v) is 7.38. The fourth-order valence-corrected chi connectivity index (χ4v) is 1.92. The monoisotopic (exact) mass is 210 g/mol. The van der Waals surface area contributed by atoms with Crippen LogP contribution in [-0.2, 0) is 0 Å². The summed E-state index contributed by atoms with van der Waals surface area (Å²) < 4.78 is 0.979. The largest absolute Gasteiger partial charge is 0.384 e. The molecule has 2 heteroatoms. The summed E-state index contributed by atoms with van der Waals surface area (Å²) >= 11 is 3.39. The second-order valence-corrected chi connectivity index (χ2v) is 3.40. The molecule has 0 aromatic heterocycles. The Bertz CT molecular complexity index is 317.